The first-order chi connectivity index (χ1) is 10.0. The van der Waals surface area contributed by atoms with Crippen molar-refractivity contribution in [1.29, 1.82) is 0 Å². The van der Waals surface area contributed by atoms with Crippen molar-refractivity contribution in [3.63, 3.8) is 0 Å². The lowest BCUT2D eigenvalue weighted by Crippen LogP contribution is -2.47. The Labute approximate surface area is 131 Å². The highest BCUT2D eigenvalue weighted by Crippen LogP contribution is 2.51. The molecule has 0 atom stereocenters. The van der Waals surface area contributed by atoms with Gasteiger partial charge >= 0.3 is 0 Å². The Morgan fingerprint density at radius 1 is 1.29 bits per heavy atom. The number of benzene rings is 1. The average Bonchev–Trinajstić information content (AvgIpc) is 3.28. The van der Waals surface area contributed by atoms with Crippen LogP contribution in [0, 0.1) is 0 Å². The summed E-state index contributed by atoms with van der Waals surface area (Å²) in [5.41, 5.74) is 0.660. The van der Waals surface area contributed by atoms with Gasteiger partial charge in [0.1, 0.15) is 0 Å². The highest BCUT2D eigenvalue weighted by Gasteiger charge is 2.54. The number of rotatable bonds is 3. The van der Waals surface area contributed by atoms with Gasteiger partial charge in [0.15, 0.2) is 0 Å². The zero-order chi connectivity index (χ0) is 15.0. The smallest absolute Gasteiger partial charge is 0.233 e. The molecule has 114 valence electrons. The lowest BCUT2D eigenvalue weighted by atomic mass is 9.92. The molecular formula is C17H23ClN2O. The number of piperidine rings is 1. The molecule has 1 aliphatic carbocycles. The first-order valence-electron chi connectivity index (χ1n) is 7.75. The second kappa shape index (κ2) is 5.62. The normalized spacial score (nSPS) is 22.0. The number of hydrogen-bond donors (Lipinski definition) is 0. The minimum atomic E-state index is -0.351. The Morgan fingerprint density at radius 3 is 2.48 bits per heavy atom. The number of hydrogen-bond acceptors (Lipinski definition) is 2. The van der Waals surface area contributed by atoms with Crippen LogP contribution < -0.4 is 0 Å². The Morgan fingerprint density at radius 2 is 1.90 bits per heavy atom. The van der Waals surface area contributed by atoms with Crippen molar-refractivity contribution in [2.45, 2.75) is 37.1 Å². The molecule has 0 aromatic heterocycles. The molecule has 1 heterocycles. The Balaban J connectivity index is 1.77. The minimum absolute atomic E-state index is 0.255. The van der Waals surface area contributed by atoms with Crippen LogP contribution >= 0.6 is 11.6 Å². The van der Waals surface area contributed by atoms with E-state index in [-0.39, 0.29) is 11.3 Å². The maximum absolute atomic E-state index is 13.0. The van der Waals surface area contributed by atoms with Crippen LogP contribution in [0.3, 0.4) is 0 Å². The Bertz CT molecular complexity index is 533. The topological polar surface area (TPSA) is 23.6 Å². The van der Waals surface area contributed by atoms with E-state index in [1.54, 1.807) is 0 Å². The van der Waals surface area contributed by atoms with Gasteiger partial charge in [0.05, 0.1) is 5.41 Å². The second-order valence-corrected chi connectivity index (χ2v) is 6.92. The van der Waals surface area contributed by atoms with E-state index in [4.69, 9.17) is 11.6 Å². The molecule has 1 amide bonds. The predicted octanol–water partition coefficient (Wildman–Crippen LogP) is 2.92. The standard InChI is InChI=1S/C17H23ClN2O/c1-19-11-7-13(8-12-19)20(2)16(21)17(9-10-17)14-5-3-4-6-15(14)18/h3-6,13H,7-12H2,1-2H3. The molecule has 1 saturated carbocycles. The van der Waals surface area contributed by atoms with Crippen molar-refractivity contribution < 1.29 is 4.79 Å². The molecule has 21 heavy (non-hydrogen) atoms. The van der Waals surface area contributed by atoms with Crippen LogP contribution in [0.2, 0.25) is 5.02 Å². The van der Waals surface area contributed by atoms with Gasteiger partial charge in [-0.05, 0) is 57.5 Å². The van der Waals surface area contributed by atoms with E-state index in [9.17, 15) is 4.79 Å². The van der Waals surface area contributed by atoms with Crippen molar-refractivity contribution in [1.82, 2.24) is 9.80 Å². The third kappa shape index (κ3) is 2.69. The molecule has 3 nitrogen and oxygen atoms in total. The summed E-state index contributed by atoms with van der Waals surface area (Å²) in [5, 5.41) is 0.722. The average molecular weight is 307 g/mol. The zero-order valence-electron chi connectivity index (χ0n) is 12.8. The van der Waals surface area contributed by atoms with Gasteiger partial charge in [0, 0.05) is 18.1 Å². The molecule has 1 aromatic carbocycles. The van der Waals surface area contributed by atoms with Crippen molar-refractivity contribution in [3.8, 4) is 0 Å². The molecule has 0 N–H and O–H groups in total. The third-order valence-electron chi connectivity index (χ3n) is 5.10. The molecule has 1 aliphatic heterocycles. The molecule has 2 aliphatic rings. The molecule has 1 saturated heterocycles. The molecule has 1 aromatic rings. The van der Waals surface area contributed by atoms with E-state index in [0.29, 0.717) is 6.04 Å². The van der Waals surface area contributed by atoms with Gasteiger partial charge in [-0.15, -0.1) is 0 Å². The number of likely N-dealkylation sites (tertiary alicyclic amines) is 1. The molecule has 0 radical (unpaired) electrons. The summed E-state index contributed by atoms with van der Waals surface area (Å²) < 4.78 is 0. The van der Waals surface area contributed by atoms with Crippen LogP contribution in [-0.4, -0.2) is 48.9 Å². The van der Waals surface area contributed by atoms with Gasteiger partial charge in [-0.3, -0.25) is 4.79 Å². The summed E-state index contributed by atoms with van der Waals surface area (Å²) in [4.78, 5) is 17.3. The van der Waals surface area contributed by atoms with E-state index in [1.807, 2.05) is 36.2 Å². The van der Waals surface area contributed by atoms with E-state index < -0.39 is 0 Å². The van der Waals surface area contributed by atoms with Crippen molar-refractivity contribution in [2.75, 3.05) is 27.2 Å². The number of carbonyl (C=O) groups excluding carboxylic acids is 1. The van der Waals surface area contributed by atoms with Crippen LogP contribution in [0.5, 0.6) is 0 Å². The second-order valence-electron chi connectivity index (χ2n) is 6.51. The summed E-state index contributed by atoms with van der Waals surface area (Å²) in [6, 6.07) is 8.17. The quantitative estimate of drug-likeness (QED) is 0.857. The molecule has 4 heteroatoms. The Hall–Kier alpha value is -1.06. The van der Waals surface area contributed by atoms with E-state index in [2.05, 4.69) is 11.9 Å². The fraction of sp³-hybridized carbons (Fsp3) is 0.588. The fourth-order valence-electron chi connectivity index (χ4n) is 3.46. The zero-order valence-corrected chi connectivity index (χ0v) is 13.6. The number of nitrogens with zero attached hydrogens (tertiary/aromatic N) is 2. The van der Waals surface area contributed by atoms with Gasteiger partial charge in [-0.25, -0.2) is 0 Å². The van der Waals surface area contributed by atoms with Gasteiger partial charge in [0.2, 0.25) is 5.91 Å². The summed E-state index contributed by atoms with van der Waals surface area (Å²) in [6.45, 7) is 2.14. The highest BCUT2D eigenvalue weighted by molar-refractivity contribution is 6.31. The minimum Gasteiger partial charge on any atom is -0.342 e. The number of halogens is 1. The molecule has 3 rings (SSSR count). The highest BCUT2D eigenvalue weighted by atomic mass is 35.5. The van der Waals surface area contributed by atoms with Crippen LogP contribution in [-0.2, 0) is 10.2 Å². The SMILES string of the molecule is CN1CCC(N(C)C(=O)C2(c3ccccc3Cl)CC2)CC1. The fourth-order valence-corrected chi connectivity index (χ4v) is 3.77. The van der Waals surface area contributed by atoms with Crippen molar-refractivity contribution in [2.24, 2.45) is 0 Å². The van der Waals surface area contributed by atoms with Crippen LogP contribution in [0.4, 0.5) is 0 Å². The third-order valence-corrected chi connectivity index (χ3v) is 5.43. The van der Waals surface area contributed by atoms with Crippen molar-refractivity contribution in [3.05, 3.63) is 34.9 Å². The molecule has 0 bridgehead atoms. The van der Waals surface area contributed by atoms with Crippen molar-refractivity contribution >= 4 is 17.5 Å². The lowest BCUT2D eigenvalue weighted by Gasteiger charge is -2.37. The first-order valence-corrected chi connectivity index (χ1v) is 8.13. The monoisotopic (exact) mass is 306 g/mol. The lowest BCUT2D eigenvalue weighted by molar-refractivity contribution is -0.135. The maximum Gasteiger partial charge on any atom is 0.233 e. The van der Waals surface area contributed by atoms with Crippen LogP contribution in [0.15, 0.2) is 24.3 Å². The van der Waals surface area contributed by atoms with E-state index in [0.717, 1.165) is 49.4 Å². The largest absolute Gasteiger partial charge is 0.342 e. The van der Waals surface area contributed by atoms with Gasteiger partial charge in [-0.2, -0.15) is 0 Å². The Kier molecular flexibility index (Phi) is 3.98. The predicted molar refractivity (Wildman–Crippen MR) is 85.7 cm³/mol. The summed E-state index contributed by atoms with van der Waals surface area (Å²) in [7, 11) is 4.11. The molecule has 0 unspecified atom stereocenters. The summed E-state index contributed by atoms with van der Waals surface area (Å²) in [6.07, 6.45) is 3.98. The number of likely N-dealkylation sites (N-methyl/N-ethyl adjacent to an activating group) is 1. The van der Waals surface area contributed by atoms with E-state index in [1.165, 1.54) is 0 Å². The maximum atomic E-state index is 13.0. The number of amides is 1. The van der Waals surface area contributed by atoms with E-state index >= 15 is 0 Å². The molecule has 0 spiro atoms. The summed E-state index contributed by atoms with van der Waals surface area (Å²) in [5.74, 6) is 0.255. The first kappa shape index (κ1) is 14.9. The number of carbonyl (C=O) groups is 1. The molecular weight excluding hydrogens is 284 g/mol. The van der Waals surface area contributed by atoms with Gasteiger partial charge in [0.25, 0.3) is 0 Å². The van der Waals surface area contributed by atoms with Crippen LogP contribution in [0.1, 0.15) is 31.2 Å². The van der Waals surface area contributed by atoms with Crippen LogP contribution in [0.25, 0.3) is 0 Å². The summed E-state index contributed by atoms with van der Waals surface area (Å²) >= 11 is 6.33. The molecule has 2 fully saturated rings. The van der Waals surface area contributed by atoms with Gasteiger partial charge in [-0.1, -0.05) is 29.8 Å². The van der Waals surface area contributed by atoms with Gasteiger partial charge < -0.3 is 9.80 Å².